The van der Waals surface area contributed by atoms with Gasteiger partial charge in [-0.25, -0.2) is 0 Å². The third-order valence-corrected chi connectivity index (χ3v) is 4.42. The standard InChI is InChI=1S/C9H11ClO/c10-8-6-4-1-2-5(3-4)7(6)9(8)11/h4-8H,1-3H2. The highest BCUT2D eigenvalue weighted by Crippen LogP contribution is 2.60. The molecule has 0 aromatic rings. The fourth-order valence-electron chi connectivity index (χ4n) is 3.43. The fourth-order valence-corrected chi connectivity index (χ4v) is 3.94. The van der Waals surface area contributed by atoms with Crippen LogP contribution in [0.4, 0.5) is 0 Å². The van der Waals surface area contributed by atoms with Crippen molar-refractivity contribution in [3.63, 3.8) is 0 Å². The topological polar surface area (TPSA) is 17.1 Å². The Morgan fingerprint density at radius 1 is 1.27 bits per heavy atom. The Labute approximate surface area is 71.1 Å². The molecule has 0 spiro atoms. The van der Waals surface area contributed by atoms with Crippen molar-refractivity contribution in [3.8, 4) is 0 Å². The molecular formula is C9H11ClO. The van der Waals surface area contributed by atoms with Crippen molar-refractivity contribution in [2.24, 2.45) is 23.7 Å². The number of carbonyl (C=O) groups excluding carboxylic acids is 1. The third-order valence-electron chi connectivity index (χ3n) is 3.92. The lowest BCUT2D eigenvalue weighted by molar-refractivity contribution is -0.136. The predicted molar refractivity (Wildman–Crippen MR) is 42.5 cm³/mol. The number of halogens is 1. The first kappa shape index (κ1) is 6.47. The molecule has 2 heteroatoms. The van der Waals surface area contributed by atoms with Gasteiger partial charge in [0, 0.05) is 5.92 Å². The van der Waals surface area contributed by atoms with E-state index in [0.717, 1.165) is 11.8 Å². The van der Waals surface area contributed by atoms with Crippen molar-refractivity contribution in [2.45, 2.75) is 24.6 Å². The summed E-state index contributed by atoms with van der Waals surface area (Å²) in [6.45, 7) is 0. The van der Waals surface area contributed by atoms with Crippen LogP contribution >= 0.6 is 11.6 Å². The molecule has 5 unspecified atom stereocenters. The summed E-state index contributed by atoms with van der Waals surface area (Å²) >= 11 is 5.94. The van der Waals surface area contributed by atoms with Crippen LogP contribution in [0.25, 0.3) is 0 Å². The number of rotatable bonds is 0. The quantitative estimate of drug-likeness (QED) is 0.507. The van der Waals surface area contributed by atoms with Crippen LogP contribution in [0.5, 0.6) is 0 Å². The van der Waals surface area contributed by atoms with Crippen molar-refractivity contribution in [1.82, 2.24) is 0 Å². The van der Waals surface area contributed by atoms with Gasteiger partial charge in [0.05, 0.1) is 5.38 Å². The monoisotopic (exact) mass is 170 g/mol. The van der Waals surface area contributed by atoms with Crippen LogP contribution < -0.4 is 0 Å². The number of Topliss-reactive ketones (excluding diaryl/α,β-unsaturated/α-hetero) is 1. The second-order valence-electron chi connectivity index (χ2n) is 4.24. The van der Waals surface area contributed by atoms with Gasteiger partial charge in [-0.05, 0) is 37.0 Å². The molecule has 0 aromatic heterocycles. The van der Waals surface area contributed by atoms with E-state index in [1.54, 1.807) is 0 Å². The Hall–Kier alpha value is -0.0400. The Balaban J connectivity index is 1.95. The van der Waals surface area contributed by atoms with E-state index in [2.05, 4.69) is 0 Å². The van der Waals surface area contributed by atoms with E-state index in [9.17, 15) is 4.79 Å². The summed E-state index contributed by atoms with van der Waals surface area (Å²) in [5.41, 5.74) is 0. The predicted octanol–water partition coefficient (Wildman–Crippen LogP) is 1.84. The molecule has 5 atom stereocenters. The number of carbonyl (C=O) groups is 1. The molecule has 2 bridgehead atoms. The lowest BCUT2D eigenvalue weighted by atomic mass is 9.64. The van der Waals surface area contributed by atoms with Gasteiger partial charge in [0.15, 0.2) is 5.78 Å². The van der Waals surface area contributed by atoms with E-state index in [4.69, 9.17) is 11.6 Å². The number of alkyl halides is 1. The Kier molecular flexibility index (Phi) is 1.07. The maximum absolute atomic E-state index is 11.3. The molecule has 11 heavy (non-hydrogen) atoms. The summed E-state index contributed by atoms with van der Waals surface area (Å²) < 4.78 is 0. The van der Waals surface area contributed by atoms with Gasteiger partial charge in [-0.1, -0.05) is 0 Å². The Morgan fingerprint density at radius 3 is 2.73 bits per heavy atom. The highest BCUT2D eigenvalue weighted by Gasteiger charge is 2.62. The van der Waals surface area contributed by atoms with Crippen LogP contribution in [0.2, 0.25) is 0 Å². The average Bonchev–Trinajstić information content (AvgIpc) is 2.58. The molecule has 0 aliphatic heterocycles. The summed E-state index contributed by atoms with van der Waals surface area (Å²) in [6.07, 6.45) is 3.92. The lowest BCUT2D eigenvalue weighted by Crippen LogP contribution is -2.51. The minimum absolute atomic E-state index is 0.102. The van der Waals surface area contributed by atoms with Crippen LogP contribution in [0.1, 0.15) is 19.3 Å². The molecule has 3 aliphatic carbocycles. The third kappa shape index (κ3) is 0.581. The van der Waals surface area contributed by atoms with E-state index >= 15 is 0 Å². The Bertz CT molecular complexity index is 226. The van der Waals surface area contributed by atoms with Gasteiger partial charge in [0.25, 0.3) is 0 Å². The highest BCUT2D eigenvalue weighted by atomic mass is 35.5. The van der Waals surface area contributed by atoms with Gasteiger partial charge in [-0.15, -0.1) is 11.6 Å². The van der Waals surface area contributed by atoms with Gasteiger partial charge in [0.1, 0.15) is 0 Å². The first-order valence-electron chi connectivity index (χ1n) is 4.47. The van der Waals surface area contributed by atoms with Crippen LogP contribution in [0, 0.1) is 23.7 Å². The van der Waals surface area contributed by atoms with Crippen molar-refractivity contribution in [1.29, 1.82) is 0 Å². The van der Waals surface area contributed by atoms with Gasteiger partial charge >= 0.3 is 0 Å². The summed E-state index contributed by atoms with van der Waals surface area (Å²) in [6, 6.07) is 0. The molecule has 3 fully saturated rings. The highest BCUT2D eigenvalue weighted by molar-refractivity contribution is 6.34. The molecule has 1 nitrogen and oxygen atoms in total. The SMILES string of the molecule is O=C1C(Cl)C2C3CCC(C3)C12. The first-order chi connectivity index (χ1) is 5.29. The lowest BCUT2D eigenvalue weighted by Gasteiger charge is -2.42. The molecule has 0 N–H and O–H groups in total. The molecule has 3 rings (SSSR count). The fraction of sp³-hybridized carbons (Fsp3) is 0.889. The number of hydrogen-bond acceptors (Lipinski definition) is 1. The van der Waals surface area contributed by atoms with E-state index in [1.165, 1.54) is 19.3 Å². The molecule has 0 heterocycles. The van der Waals surface area contributed by atoms with E-state index in [-0.39, 0.29) is 5.38 Å². The summed E-state index contributed by atoms with van der Waals surface area (Å²) in [7, 11) is 0. The zero-order valence-electron chi connectivity index (χ0n) is 6.29. The number of fused-ring (bicyclic) bond motifs is 5. The zero-order valence-corrected chi connectivity index (χ0v) is 7.05. The van der Waals surface area contributed by atoms with Crippen molar-refractivity contribution < 1.29 is 4.79 Å². The van der Waals surface area contributed by atoms with E-state index in [0.29, 0.717) is 17.6 Å². The van der Waals surface area contributed by atoms with Crippen molar-refractivity contribution in [2.75, 3.05) is 0 Å². The maximum atomic E-state index is 11.3. The van der Waals surface area contributed by atoms with E-state index in [1.807, 2.05) is 0 Å². The summed E-state index contributed by atoms with van der Waals surface area (Å²) in [5.74, 6) is 2.88. The minimum Gasteiger partial charge on any atom is -0.298 e. The second-order valence-corrected chi connectivity index (χ2v) is 4.71. The van der Waals surface area contributed by atoms with Crippen LogP contribution in [0.3, 0.4) is 0 Å². The second kappa shape index (κ2) is 1.82. The number of hydrogen-bond donors (Lipinski definition) is 0. The van der Waals surface area contributed by atoms with Crippen LogP contribution in [-0.4, -0.2) is 11.2 Å². The molecule has 0 radical (unpaired) electrons. The smallest absolute Gasteiger partial charge is 0.154 e. The van der Waals surface area contributed by atoms with Gasteiger partial charge in [0.2, 0.25) is 0 Å². The van der Waals surface area contributed by atoms with Crippen molar-refractivity contribution in [3.05, 3.63) is 0 Å². The Morgan fingerprint density at radius 2 is 2.00 bits per heavy atom. The molecule has 0 amide bonds. The molecular weight excluding hydrogens is 160 g/mol. The number of ketones is 1. The summed E-state index contributed by atoms with van der Waals surface area (Å²) in [4.78, 5) is 11.3. The normalized spacial score (nSPS) is 59.4. The molecule has 0 aromatic carbocycles. The van der Waals surface area contributed by atoms with Gasteiger partial charge in [-0.2, -0.15) is 0 Å². The first-order valence-corrected chi connectivity index (χ1v) is 4.90. The molecule has 0 saturated heterocycles. The molecule has 3 saturated carbocycles. The molecule has 3 aliphatic rings. The maximum Gasteiger partial charge on any atom is 0.154 e. The largest absolute Gasteiger partial charge is 0.298 e. The van der Waals surface area contributed by atoms with Crippen molar-refractivity contribution >= 4 is 17.4 Å². The summed E-state index contributed by atoms with van der Waals surface area (Å²) in [5, 5.41) is -0.102. The molecule has 60 valence electrons. The minimum atomic E-state index is -0.102. The van der Waals surface area contributed by atoms with Crippen LogP contribution in [0.15, 0.2) is 0 Å². The van der Waals surface area contributed by atoms with Crippen LogP contribution in [-0.2, 0) is 4.79 Å². The van der Waals surface area contributed by atoms with E-state index < -0.39 is 0 Å². The van der Waals surface area contributed by atoms with Gasteiger partial charge in [-0.3, -0.25) is 4.79 Å². The zero-order chi connectivity index (χ0) is 7.59. The van der Waals surface area contributed by atoms with Gasteiger partial charge < -0.3 is 0 Å². The average molecular weight is 171 g/mol.